The largest absolute Gasteiger partial charge is 0.469 e. The third-order valence-electron chi connectivity index (χ3n) is 2.55. The summed E-state index contributed by atoms with van der Waals surface area (Å²) in [6.45, 7) is 2.97. The van der Waals surface area contributed by atoms with Gasteiger partial charge in [-0.05, 0) is 18.8 Å². The Morgan fingerprint density at radius 1 is 1.62 bits per heavy atom. The highest BCUT2D eigenvalue weighted by Gasteiger charge is 2.35. The van der Waals surface area contributed by atoms with Crippen LogP contribution in [0.5, 0.6) is 0 Å². The lowest BCUT2D eigenvalue weighted by Gasteiger charge is -2.02. The monoisotopic (exact) mass is 185 g/mol. The molecule has 0 saturated heterocycles. The summed E-state index contributed by atoms with van der Waals surface area (Å²) in [4.78, 5) is 10.8. The fraction of sp³-hybridized carbons (Fsp3) is 0.900. The number of methoxy groups -OCH3 is 1. The maximum Gasteiger partial charge on any atom is 0.306 e. The lowest BCUT2D eigenvalue weighted by Crippen LogP contribution is -2.22. The number of ether oxygens (including phenoxy) is 1. The highest BCUT2D eigenvalue weighted by molar-refractivity contribution is 5.69. The van der Waals surface area contributed by atoms with Crippen LogP contribution in [0.15, 0.2) is 0 Å². The van der Waals surface area contributed by atoms with Crippen molar-refractivity contribution >= 4 is 5.97 Å². The van der Waals surface area contributed by atoms with Gasteiger partial charge in [-0.25, -0.2) is 0 Å². The minimum atomic E-state index is -0.125. The molecule has 1 saturated carbocycles. The van der Waals surface area contributed by atoms with Gasteiger partial charge in [0, 0.05) is 12.6 Å². The van der Waals surface area contributed by atoms with E-state index in [1.807, 2.05) is 0 Å². The van der Waals surface area contributed by atoms with Crippen molar-refractivity contribution in [1.29, 1.82) is 0 Å². The second-order valence-corrected chi connectivity index (χ2v) is 3.67. The summed E-state index contributed by atoms with van der Waals surface area (Å²) in [5.41, 5.74) is 0. The van der Waals surface area contributed by atoms with Crippen LogP contribution >= 0.6 is 0 Å². The average molecular weight is 185 g/mol. The summed E-state index contributed by atoms with van der Waals surface area (Å²) >= 11 is 0. The smallest absolute Gasteiger partial charge is 0.306 e. The van der Waals surface area contributed by atoms with Gasteiger partial charge in [0.1, 0.15) is 0 Å². The number of nitrogens with one attached hydrogen (secondary N) is 1. The van der Waals surface area contributed by atoms with Crippen LogP contribution in [0, 0.1) is 5.92 Å². The first kappa shape index (κ1) is 10.5. The first-order chi connectivity index (χ1) is 6.27. The van der Waals surface area contributed by atoms with E-state index >= 15 is 0 Å². The predicted molar refractivity (Wildman–Crippen MR) is 51.4 cm³/mol. The summed E-state index contributed by atoms with van der Waals surface area (Å²) in [5.74, 6) is 0.739. The van der Waals surface area contributed by atoms with Crippen molar-refractivity contribution < 1.29 is 9.53 Å². The molecule has 1 aliphatic carbocycles. The van der Waals surface area contributed by atoms with Crippen LogP contribution in [0.1, 0.15) is 32.6 Å². The van der Waals surface area contributed by atoms with Crippen LogP contribution in [-0.4, -0.2) is 25.7 Å². The Morgan fingerprint density at radius 3 is 3.00 bits per heavy atom. The summed E-state index contributed by atoms with van der Waals surface area (Å²) in [7, 11) is 1.43. The zero-order valence-electron chi connectivity index (χ0n) is 8.51. The van der Waals surface area contributed by atoms with Gasteiger partial charge in [0.25, 0.3) is 0 Å². The van der Waals surface area contributed by atoms with Crippen molar-refractivity contribution in [3.05, 3.63) is 0 Å². The van der Waals surface area contributed by atoms with Crippen LogP contribution in [0.25, 0.3) is 0 Å². The van der Waals surface area contributed by atoms with Crippen molar-refractivity contribution in [3.63, 3.8) is 0 Å². The molecular weight excluding hydrogens is 166 g/mol. The SMILES string of the molecule is CCCC1CC1NCCC(=O)OC. The molecule has 3 heteroatoms. The molecular formula is C10H19NO2. The van der Waals surface area contributed by atoms with E-state index < -0.39 is 0 Å². The Bertz CT molecular complexity index is 170. The van der Waals surface area contributed by atoms with Gasteiger partial charge in [-0.15, -0.1) is 0 Å². The molecule has 0 spiro atoms. The quantitative estimate of drug-likeness (QED) is 0.634. The molecule has 0 aromatic carbocycles. The van der Waals surface area contributed by atoms with Crippen molar-refractivity contribution in [2.75, 3.05) is 13.7 Å². The number of hydrogen-bond donors (Lipinski definition) is 1. The van der Waals surface area contributed by atoms with E-state index in [9.17, 15) is 4.79 Å². The van der Waals surface area contributed by atoms with Gasteiger partial charge in [0.05, 0.1) is 13.5 Å². The fourth-order valence-electron chi connectivity index (χ4n) is 1.65. The minimum Gasteiger partial charge on any atom is -0.469 e. The lowest BCUT2D eigenvalue weighted by atomic mass is 10.2. The van der Waals surface area contributed by atoms with Crippen LogP contribution < -0.4 is 5.32 Å². The third kappa shape index (κ3) is 3.77. The van der Waals surface area contributed by atoms with Crippen molar-refractivity contribution in [1.82, 2.24) is 5.32 Å². The Kier molecular flexibility index (Phi) is 4.22. The normalized spacial score (nSPS) is 25.7. The van der Waals surface area contributed by atoms with Gasteiger partial charge in [-0.2, -0.15) is 0 Å². The molecule has 0 bridgehead atoms. The third-order valence-corrected chi connectivity index (χ3v) is 2.55. The number of hydrogen-bond acceptors (Lipinski definition) is 3. The molecule has 2 atom stereocenters. The molecule has 2 unspecified atom stereocenters. The first-order valence-corrected chi connectivity index (χ1v) is 5.08. The zero-order chi connectivity index (χ0) is 9.68. The summed E-state index contributed by atoms with van der Waals surface area (Å²) in [6, 6.07) is 0.671. The van der Waals surface area contributed by atoms with Crippen LogP contribution in [0.2, 0.25) is 0 Å². The number of carbonyl (C=O) groups excluding carboxylic acids is 1. The van der Waals surface area contributed by atoms with E-state index in [2.05, 4.69) is 17.0 Å². The molecule has 1 N–H and O–H groups in total. The molecule has 0 heterocycles. The van der Waals surface area contributed by atoms with E-state index in [1.165, 1.54) is 26.4 Å². The number of esters is 1. The van der Waals surface area contributed by atoms with E-state index in [4.69, 9.17) is 0 Å². The van der Waals surface area contributed by atoms with Crippen molar-refractivity contribution in [2.45, 2.75) is 38.6 Å². The van der Waals surface area contributed by atoms with Gasteiger partial charge in [-0.3, -0.25) is 4.79 Å². The Balaban J connectivity index is 1.94. The first-order valence-electron chi connectivity index (χ1n) is 5.08. The molecule has 3 nitrogen and oxygen atoms in total. The molecule has 0 aromatic rings. The molecule has 0 radical (unpaired) electrons. The number of rotatable bonds is 6. The van der Waals surface area contributed by atoms with Gasteiger partial charge in [-0.1, -0.05) is 13.3 Å². The molecule has 1 aliphatic rings. The van der Waals surface area contributed by atoms with E-state index in [0.29, 0.717) is 12.5 Å². The van der Waals surface area contributed by atoms with Crippen LogP contribution in [0.4, 0.5) is 0 Å². The zero-order valence-corrected chi connectivity index (χ0v) is 8.51. The van der Waals surface area contributed by atoms with E-state index in [1.54, 1.807) is 0 Å². The second-order valence-electron chi connectivity index (χ2n) is 3.67. The molecule has 13 heavy (non-hydrogen) atoms. The van der Waals surface area contributed by atoms with Crippen LogP contribution in [-0.2, 0) is 9.53 Å². The number of carbonyl (C=O) groups is 1. The summed E-state index contributed by atoms with van der Waals surface area (Å²) in [5, 5.41) is 3.36. The van der Waals surface area contributed by atoms with Crippen molar-refractivity contribution in [2.24, 2.45) is 5.92 Å². The van der Waals surface area contributed by atoms with Crippen LogP contribution in [0.3, 0.4) is 0 Å². The lowest BCUT2D eigenvalue weighted by molar-refractivity contribution is -0.140. The molecule has 76 valence electrons. The minimum absolute atomic E-state index is 0.125. The van der Waals surface area contributed by atoms with Crippen molar-refractivity contribution in [3.8, 4) is 0 Å². The maximum absolute atomic E-state index is 10.8. The van der Waals surface area contributed by atoms with Gasteiger partial charge < -0.3 is 10.1 Å². The molecule has 1 fully saturated rings. The Labute approximate surface area is 79.8 Å². The maximum atomic E-state index is 10.8. The summed E-state index contributed by atoms with van der Waals surface area (Å²) in [6.07, 6.45) is 4.36. The molecule has 0 aromatic heterocycles. The molecule has 0 aliphatic heterocycles. The van der Waals surface area contributed by atoms with E-state index in [-0.39, 0.29) is 5.97 Å². The average Bonchev–Trinajstić information content (AvgIpc) is 2.84. The van der Waals surface area contributed by atoms with Gasteiger partial charge >= 0.3 is 5.97 Å². The molecule has 0 amide bonds. The summed E-state index contributed by atoms with van der Waals surface area (Å²) < 4.78 is 4.55. The van der Waals surface area contributed by atoms with Gasteiger partial charge in [0.15, 0.2) is 0 Å². The second kappa shape index (κ2) is 5.22. The van der Waals surface area contributed by atoms with Gasteiger partial charge in [0.2, 0.25) is 0 Å². The standard InChI is InChI=1S/C10H19NO2/c1-3-4-8-7-9(8)11-6-5-10(12)13-2/h8-9,11H,3-7H2,1-2H3. The highest BCUT2D eigenvalue weighted by Crippen LogP contribution is 2.34. The molecule has 1 rings (SSSR count). The Morgan fingerprint density at radius 2 is 2.38 bits per heavy atom. The predicted octanol–water partition coefficient (Wildman–Crippen LogP) is 1.33. The fourth-order valence-corrected chi connectivity index (χ4v) is 1.65. The Hall–Kier alpha value is -0.570. The highest BCUT2D eigenvalue weighted by atomic mass is 16.5. The van der Waals surface area contributed by atoms with E-state index in [0.717, 1.165) is 12.5 Å². The topological polar surface area (TPSA) is 38.3 Å².